The van der Waals surface area contributed by atoms with Gasteiger partial charge in [0.2, 0.25) is 0 Å². The second-order valence-electron chi connectivity index (χ2n) is 6.64. The van der Waals surface area contributed by atoms with Gasteiger partial charge in [-0.25, -0.2) is 9.18 Å². The largest absolute Gasteiger partial charge is 0.465 e. The SMILES string of the molecule is COC(=O)c1ccc(C(=O)NC(=S)Nc2cccc(C(=O)Nc3ccc(F)c(Cl)c3)c2)cc1. The number of halogens is 2. The topological polar surface area (TPSA) is 96.5 Å². The van der Waals surface area contributed by atoms with Crippen LogP contribution in [-0.2, 0) is 4.74 Å². The second-order valence-corrected chi connectivity index (χ2v) is 7.46. The molecule has 3 N–H and O–H groups in total. The van der Waals surface area contributed by atoms with Crippen LogP contribution in [0.25, 0.3) is 0 Å². The Bertz CT molecular complexity index is 1230. The summed E-state index contributed by atoms with van der Waals surface area (Å²) in [7, 11) is 1.27. The van der Waals surface area contributed by atoms with Crippen LogP contribution in [0.2, 0.25) is 5.02 Å². The summed E-state index contributed by atoms with van der Waals surface area (Å²) in [6, 6.07) is 16.1. The molecule has 33 heavy (non-hydrogen) atoms. The maximum absolute atomic E-state index is 13.3. The highest BCUT2D eigenvalue weighted by Crippen LogP contribution is 2.20. The molecule has 0 saturated carbocycles. The van der Waals surface area contributed by atoms with Crippen molar-refractivity contribution in [3.63, 3.8) is 0 Å². The summed E-state index contributed by atoms with van der Waals surface area (Å²) in [6.07, 6.45) is 0. The molecule has 0 heterocycles. The van der Waals surface area contributed by atoms with Gasteiger partial charge in [-0.05, 0) is 72.9 Å². The fourth-order valence-corrected chi connectivity index (χ4v) is 3.12. The van der Waals surface area contributed by atoms with Crippen LogP contribution < -0.4 is 16.0 Å². The van der Waals surface area contributed by atoms with Crippen LogP contribution in [0.3, 0.4) is 0 Å². The minimum atomic E-state index is -0.587. The first-order chi connectivity index (χ1) is 15.8. The lowest BCUT2D eigenvalue weighted by atomic mass is 10.1. The van der Waals surface area contributed by atoms with E-state index in [1.54, 1.807) is 18.2 Å². The Morgan fingerprint density at radius 3 is 2.18 bits per heavy atom. The molecule has 0 radical (unpaired) electrons. The summed E-state index contributed by atoms with van der Waals surface area (Å²) < 4.78 is 17.9. The van der Waals surface area contributed by atoms with Crippen LogP contribution in [0.4, 0.5) is 15.8 Å². The van der Waals surface area contributed by atoms with Gasteiger partial charge in [0.05, 0.1) is 17.7 Å². The van der Waals surface area contributed by atoms with Gasteiger partial charge in [0, 0.05) is 22.5 Å². The number of esters is 1. The molecule has 2 amide bonds. The third-order valence-corrected chi connectivity index (χ3v) is 4.85. The van der Waals surface area contributed by atoms with Gasteiger partial charge in [-0.3, -0.25) is 14.9 Å². The first kappa shape index (κ1) is 23.8. The molecule has 0 fully saturated rings. The van der Waals surface area contributed by atoms with Gasteiger partial charge in [-0.15, -0.1) is 0 Å². The van der Waals surface area contributed by atoms with E-state index in [9.17, 15) is 18.8 Å². The van der Waals surface area contributed by atoms with Gasteiger partial charge in [-0.2, -0.15) is 0 Å². The number of amides is 2. The van der Waals surface area contributed by atoms with Crippen molar-refractivity contribution < 1.29 is 23.5 Å². The van der Waals surface area contributed by atoms with Gasteiger partial charge < -0.3 is 15.4 Å². The second kappa shape index (κ2) is 10.7. The quantitative estimate of drug-likeness (QED) is 0.360. The summed E-state index contributed by atoms with van der Waals surface area (Å²) in [4.78, 5) is 36.3. The van der Waals surface area contributed by atoms with Crippen LogP contribution >= 0.6 is 23.8 Å². The highest BCUT2D eigenvalue weighted by Gasteiger charge is 2.12. The molecule has 7 nitrogen and oxygen atoms in total. The number of carbonyl (C=O) groups excluding carboxylic acids is 3. The molecule has 3 rings (SSSR count). The van der Waals surface area contributed by atoms with E-state index in [1.807, 2.05) is 0 Å². The van der Waals surface area contributed by atoms with Gasteiger partial charge in [0.1, 0.15) is 5.82 Å². The van der Waals surface area contributed by atoms with Crippen molar-refractivity contribution in [3.8, 4) is 0 Å². The summed E-state index contributed by atoms with van der Waals surface area (Å²) in [5, 5.41) is 7.88. The van der Waals surface area contributed by atoms with E-state index in [-0.39, 0.29) is 15.7 Å². The normalized spacial score (nSPS) is 10.2. The summed E-state index contributed by atoms with van der Waals surface area (Å²) in [5.41, 5.74) is 1.70. The maximum Gasteiger partial charge on any atom is 0.337 e. The van der Waals surface area contributed by atoms with E-state index in [4.69, 9.17) is 23.8 Å². The monoisotopic (exact) mass is 485 g/mol. The average Bonchev–Trinajstić information content (AvgIpc) is 2.81. The molecular weight excluding hydrogens is 469 g/mol. The highest BCUT2D eigenvalue weighted by atomic mass is 35.5. The van der Waals surface area contributed by atoms with Gasteiger partial charge in [0.15, 0.2) is 5.11 Å². The summed E-state index contributed by atoms with van der Waals surface area (Å²) in [5.74, 6) is -2.02. The first-order valence-corrected chi connectivity index (χ1v) is 10.2. The van der Waals surface area contributed by atoms with Crippen molar-refractivity contribution >= 4 is 58.1 Å². The van der Waals surface area contributed by atoms with E-state index >= 15 is 0 Å². The Morgan fingerprint density at radius 2 is 1.52 bits per heavy atom. The Morgan fingerprint density at radius 1 is 0.848 bits per heavy atom. The number of rotatable bonds is 5. The molecule has 168 valence electrons. The van der Waals surface area contributed by atoms with Crippen LogP contribution in [0, 0.1) is 5.82 Å². The van der Waals surface area contributed by atoms with Crippen molar-refractivity contribution in [1.82, 2.24) is 5.32 Å². The molecule has 0 aliphatic carbocycles. The zero-order valence-electron chi connectivity index (χ0n) is 17.1. The van der Waals surface area contributed by atoms with Crippen LogP contribution in [0.15, 0.2) is 66.7 Å². The third kappa shape index (κ3) is 6.34. The van der Waals surface area contributed by atoms with Crippen molar-refractivity contribution in [2.24, 2.45) is 0 Å². The number of hydrogen-bond donors (Lipinski definition) is 3. The lowest BCUT2D eigenvalue weighted by Gasteiger charge is -2.11. The molecule has 0 aliphatic rings. The Labute approximate surface area is 198 Å². The first-order valence-electron chi connectivity index (χ1n) is 9.44. The van der Waals surface area contributed by atoms with Gasteiger partial charge >= 0.3 is 5.97 Å². The minimum Gasteiger partial charge on any atom is -0.465 e. The third-order valence-electron chi connectivity index (χ3n) is 4.36. The molecule has 0 spiro atoms. The molecule has 3 aromatic rings. The minimum absolute atomic E-state index is 0.0138. The molecule has 0 aliphatic heterocycles. The lowest BCUT2D eigenvalue weighted by Crippen LogP contribution is -2.34. The van der Waals surface area contributed by atoms with Crippen molar-refractivity contribution in [3.05, 3.63) is 94.3 Å². The molecule has 10 heteroatoms. The average molecular weight is 486 g/mol. The molecule has 0 atom stereocenters. The smallest absolute Gasteiger partial charge is 0.337 e. The molecule has 0 aromatic heterocycles. The number of methoxy groups -OCH3 is 1. The van der Waals surface area contributed by atoms with E-state index in [0.717, 1.165) is 6.07 Å². The molecule has 3 aromatic carbocycles. The number of nitrogens with one attached hydrogen (secondary N) is 3. The molecule has 0 bridgehead atoms. The van der Waals surface area contributed by atoms with Crippen LogP contribution in [0.1, 0.15) is 31.1 Å². The molecular formula is C23H17ClFN3O4S. The Kier molecular flexibility index (Phi) is 7.70. The predicted molar refractivity (Wildman–Crippen MR) is 127 cm³/mol. The lowest BCUT2D eigenvalue weighted by molar-refractivity contribution is 0.0600. The molecule has 0 saturated heterocycles. The fourth-order valence-electron chi connectivity index (χ4n) is 2.73. The highest BCUT2D eigenvalue weighted by molar-refractivity contribution is 7.80. The van der Waals surface area contributed by atoms with Gasteiger partial charge in [-0.1, -0.05) is 17.7 Å². The van der Waals surface area contributed by atoms with E-state index in [0.29, 0.717) is 22.5 Å². The number of ether oxygens (including phenoxy) is 1. The van der Waals surface area contributed by atoms with Crippen molar-refractivity contribution in [2.45, 2.75) is 0 Å². The number of hydrogen-bond acceptors (Lipinski definition) is 5. The predicted octanol–water partition coefficient (Wildman–Crippen LogP) is 4.64. The van der Waals surface area contributed by atoms with Crippen molar-refractivity contribution in [2.75, 3.05) is 17.7 Å². The maximum atomic E-state index is 13.3. The zero-order valence-corrected chi connectivity index (χ0v) is 18.7. The van der Waals surface area contributed by atoms with Gasteiger partial charge in [0.25, 0.3) is 11.8 Å². The van der Waals surface area contributed by atoms with Crippen LogP contribution in [-0.4, -0.2) is 30.0 Å². The Hall–Kier alpha value is -3.82. The fraction of sp³-hybridized carbons (Fsp3) is 0.0435. The zero-order chi connectivity index (χ0) is 24.0. The number of benzene rings is 3. The van der Waals surface area contributed by atoms with E-state index in [1.165, 1.54) is 49.6 Å². The Balaban J connectivity index is 1.61. The van der Waals surface area contributed by atoms with Crippen molar-refractivity contribution in [1.29, 1.82) is 0 Å². The standard InChI is InChI=1S/C23H17ClFN3O4S/c1-32-22(31)14-7-5-13(6-8-14)20(29)28-23(33)27-16-4-2-3-15(11-16)21(30)26-17-9-10-19(25)18(24)12-17/h2-12H,1H3,(H,26,30)(H2,27,28,29,33). The number of thiocarbonyl (C=S) groups is 1. The van der Waals surface area contributed by atoms with Crippen LogP contribution in [0.5, 0.6) is 0 Å². The van der Waals surface area contributed by atoms with E-state index < -0.39 is 23.6 Å². The summed E-state index contributed by atoms with van der Waals surface area (Å²) in [6.45, 7) is 0. The molecule has 0 unspecified atom stereocenters. The number of carbonyl (C=O) groups is 3. The summed E-state index contributed by atoms with van der Waals surface area (Å²) >= 11 is 10.9. The van der Waals surface area contributed by atoms with E-state index in [2.05, 4.69) is 20.7 Å². The number of anilines is 2.